The van der Waals surface area contributed by atoms with Gasteiger partial charge in [-0.25, -0.2) is 8.42 Å². The average Bonchev–Trinajstić information content (AvgIpc) is 2.91. The van der Waals surface area contributed by atoms with Gasteiger partial charge in [0.25, 0.3) is 0 Å². The van der Waals surface area contributed by atoms with Crippen LogP contribution in [0.5, 0.6) is 11.5 Å². The molecule has 0 fully saturated rings. The molecule has 1 heterocycles. The summed E-state index contributed by atoms with van der Waals surface area (Å²) in [5.74, 6) is -0.223. The van der Waals surface area contributed by atoms with E-state index >= 15 is 0 Å². The van der Waals surface area contributed by atoms with Gasteiger partial charge >= 0.3 is 0 Å². The van der Waals surface area contributed by atoms with Gasteiger partial charge in [0.2, 0.25) is 21.8 Å². The van der Waals surface area contributed by atoms with Gasteiger partial charge in [-0.2, -0.15) is 0 Å². The van der Waals surface area contributed by atoms with Crippen LogP contribution >= 0.6 is 23.2 Å². The topological polar surface area (TPSA) is 105 Å². The van der Waals surface area contributed by atoms with Gasteiger partial charge in [-0.05, 0) is 50.1 Å². The Hall–Kier alpha value is -2.69. The predicted molar refractivity (Wildman–Crippen MR) is 149 cm³/mol. The lowest BCUT2D eigenvalue weighted by Crippen LogP contribution is -2.51. The summed E-state index contributed by atoms with van der Waals surface area (Å²) in [5.41, 5.74) is 0.907. The largest absolute Gasteiger partial charge is 0.486 e. The highest BCUT2D eigenvalue weighted by molar-refractivity contribution is 7.92. The summed E-state index contributed by atoms with van der Waals surface area (Å²) in [6, 6.07) is 8.78. The number of sulfonamides is 1. The molecule has 0 radical (unpaired) electrons. The quantitative estimate of drug-likeness (QED) is 0.373. The van der Waals surface area contributed by atoms with Crippen LogP contribution in [0.1, 0.15) is 39.2 Å². The first-order valence-electron chi connectivity index (χ1n) is 12.5. The second-order valence-corrected chi connectivity index (χ2v) is 11.8. The van der Waals surface area contributed by atoms with Gasteiger partial charge in [0.1, 0.15) is 25.8 Å². The van der Waals surface area contributed by atoms with Gasteiger partial charge in [-0.3, -0.25) is 13.9 Å². The van der Waals surface area contributed by atoms with Crippen LogP contribution < -0.4 is 19.1 Å². The molecule has 1 aliphatic rings. The van der Waals surface area contributed by atoms with Gasteiger partial charge in [-0.15, -0.1) is 0 Å². The number of halogens is 2. The molecule has 2 amide bonds. The zero-order valence-corrected chi connectivity index (χ0v) is 24.0. The number of amides is 2. The number of unbranched alkanes of at least 4 members (excludes halogenated alkanes) is 1. The molecule has 2 aromatic carbocycles. The Morgan fingerprint density at radius 2 is 1.74 bits per heavy atom. The number of rotatable bonds is 12. The minimum atomic E-state index is -3.87. The highest BCUT2D eigenvalue weighted by atomic mass is 35.5. The lowest BCUT2D eigenvalue weighted by Gasteiger charge is -2.32. The van der Waals surface area contributed by atoms with Crippen LogP contribution in [0.15, 0.2) is 36.4 Å². The molecule has 0 unspecified atom stereocenters. The Morgan fingerprint density at radius 3 is 2.39 bits per heavy atom. The Morgan fingerprint density at radius 1 is 1.03 bits per heavy atom. The molecule has 38 heavy (non-hydrogen) atoms. The van der Waals surface area contributed by atoms with Crippen molar-refractivity contribution in [3.05, 3.63) is 52.0 Å². The minimum absolute atomic E-state index is 0.0270. The monoisotopic (exact) mass is 585 g/mol. The van der Waals surface area contributed by atoms with Crippen molar-refractivity contribution in [3.8, 4) is 11.5 Å². The fourth-order valence-electron chi connectivity index (χ4n) is 3.86. The number of hydrogen-bond donors (Lipinski definition) is 1. The van der Waals surface area contributed by atoms with Crippen molar-refractivity contribution in [2.24, 2.45) is 0 Å². The molecule has 0 bridgehead atoms. The molecule has 0 saturated carbocycles. The average molecular weight is 587 g/mol. The molecule has 0 spiro atoms. The zero-order chi connectivity index (χ0) is 27.9. The third kappa shape index (κ3) is 7.45. The smallest absolute Gasteiger partial charge is 0.244 e. The number of anilines is 1. The molecule has 3 rings (SSSR count). The summed E-state index contributed by atoms with van der Waals surface area (Å²) >= 11 is 12.2. The molecule has 12 heteroatoms. The van der Waals surface area contributed by atoms with Crippen molar-refractivity contribution < 1.29 is 27.5 Å². The molecule has 0 aliphatic carbocycles. The van der Waals surface area contributed by atoms with E-state index in [0.717, 1.165) is 17.1 Å². The molecule has 2 aromatic rings. The van der Waals surface area contributed by atoms with E-state index in [0.29, 0.717) is 46.9 Å². The first kappa shape index (κ1) is 29.9. The number of ether oxygens (including phenoxy) is 2. The van der Waals surface area contributed by atoms with Crippen molar-refractivity contribution in [2.75, 3.05) is 36.4 Å². The van der Waals surface area contributed by atoms with E-state index in [1.54, 1.807) is 43.3 Å². The van der Waals surface area contributed by atoms with Gasteiger partial charge in [0, 0.05) is 19.2 Å². The first-order valence-corrected chi connectivity index (χ1v) is 14.8. The number of carbonyl (C=O) groups excluding carboxylic acids is 2. The van der Waals surface area contributed by atoms with E-state index in [1.165, 1.54) is 11.8 Å². The van der Waals surface area contributed by atoms with E-state index in [2.05, 4.69) is 5.32 Å². The third-order valence-corrected chi connectivity index (χ3v) is 8.61. The number of carbonyl (C=O) groups is 2. The fraction of sp³-hybridized carbons (Fsp3) is 0.462. The maximum atomic E-state index is 13.7. The molecule has 1 atom stereocenters. The number of nitrogens with one attached hydrogen (secondary N) is 1. The summed E-state index contributed by atoms with van der Waals surface area (Å²) in [6.45, 7) is 5.84. The van der Waals surface area contributed by atoms with E-state index in [1.807, 2.05) is 6.92 Å². The molecule has 1 N–H and O–H groups in total. The first-order chi connectivity index (χ1) is 18.1. The second kappa shape index (κ2) is 13.4. The van der Waals surface area contributed by atoms with Crippen LogP contribution in [0, 0.1) is 0 Å². The highest BCUT2D eigenvalue weighted by Crippen LogP contribution is 2.35. The van der Waals surface area contributed by atoms with Crippen molar-refractivity contribution in [3.63, 3.8) is 0 Å². The van der Waals surface area contributed by atoms with Gasteiger partial charge in [0.15, 0.2) is 11.5 Å². The standard InChI is InChI=1S/C26H33Cl2N3O6S/c1-4-6-11-29-26(33)18(3)30(16-19-7-9-21(27)22(28)14-19)25(32)17-31(38(34,35)5-2)20-8-10-23-24(15-20)37-13-12-36-23/h7-10,14-15,18H,4-6,11-13,16-17H2,1-3H3,(H,29,33)/t18-/m1/s1. The maximum absolute atomic E-state index is 13.7. The summed E-state index contributed by atoms with van der Waals surface area (Å²) < 4.78 is 38.4. The lowest BCUT2D eigenvalue weighted by atomic mass is 10.1. The van der Waals surface area contributed by atoms with Crippen molar-refractivity contribution in [1.82, 2.24) is 10.2 Å². The van der Waals surface area contributed by atoms with Crippen molar-refractivity contribution >= 4 is 50.7 Å². The molecule has 0 aromatic heterocycles. The number of benzene rings is 2. The molecule has 9 nitrogen and oxygen atoms in total. The summed E-state index contributed by atoms with van der Waals surface area (Å²) in [4.78, 5) is 28.0. The fourth-order valence-corrected chi connectivity index (χ4v) is 5.23. The number of fused-ring (bicyclic) bond motifs is 1. The van der Waals surface area contributed by atoms with E-state index in [9.17, 15) is 18.0 Å². The normalized spacial score (nSPS) is 13.5. The molecular weight excluding hydrogens is 553 g/mol. The third-order valence-electron chi connectivity index (χ3n) is 6.13. The predicted octanol–water partition coefficient (Wildman–Crippen LogP) is 4.25. The van der Waals surface area contributed by atoms with E-state index in [4.69, 9.17) is 32.7 Å². The Kier molecular flexibility index (Phi) is 10.5. The maximum Gasteiger partial charge on any atom is 0.244 e. The van der Waals surface area contributed by atoms with Crippen LogP contribution in [-0.4, -0.2) is 63.2 Å². The SMILES string of the molecule is CCCCNC(=O)[C@@H](C)N(Cc1ccc(Cl)c(Cl)c1)C(=O)CN(c1ccc2c(c1)OCCO2)S(=O)(=O)CC. The Bertz CT molecular complexity index is 1260. The molecule has 208 valence electrons. The number of nitrogens with zero attached hydrogens (tertiary/aromatic N) is 2. The van der Waals surface area contributed by atoms with Gasteiger partial charge in [-0.1, -0.05) is 42.6 Å². The van der Waals surface area contributed by atoms with Crippen LogP contribution in [0.2, 0.25) is 10.0 Å². The molecular formula is C26H33Cl2N3O6S. The van der Waals surface area contributed by atoms with Gasteiger partial charge in [0.05, 0.1) is 21.5 Å². The van der Waals surface area contributed by atoms with Crippen molar-refractivity contribution in [2.45, 2.75) is 46.2 Å². The van der Waals surface area contributed by atoms with E-state index in [-0.39, 0.29) is 23.9 Å². The summed E-state index contributed by atoms with van der Waals surface area (Å²) in [6.07, 6.45) is 1.70. The lowest BCUT2D eigenvalue weighted by molar-refractivity contribution is -0.139. The van der Waals surface area contributed by atoms with Crippen molar-refractivity contribution in [1.29, 1.82) is 0 Å². The van der Waals surface area contributed by atoms with Crippen LogP contribution in [0.3, 0.4) is 0 Å². The van der Waals surface area contributed by atoms with Gasteiger partial charge < -0.3 is 19.7 Å². The molecule has 0 saturated heterocycles. The second-order valence-electron chi connectivity index (χ2n) is 8.83. The van der Waals surface area contributed by atoms with Crippen LogP contribution in [0.25, 0.3) is 0 Å². The summed E-state index contributed by atoms with van der Waals surface area (Å²) in [7, 11) is -3.87. The zero-order valence-electron chi connectivity index (χ0n) is 21.7. The Balaban J connectivity index is 1.93. The number of hydrogen-bond acceptors (Lipinski definition) is 6. The van der Waals surface area contributed by atoms with Crippen LogP contribution in [-0.2, 0) is 26.2 Å². The van der Waals surface area contributed by atoms with Crippen LogP contribution in [0.4, 0.5) is 5.69 Å². The molecule has 1 aliphatic heterocycles. The Labute approximate surface area is 234 Å². The summed E-state index contributed by atoms with van der Waals surface area (Å²) in [5, 5.41) is 3.51. The minimum Gasteiger partial charge on any atom is -0.486 e. The highest BCUT2D eigenvalue weighted by Gasteiger charge is 2.31. The van der Waals surface area contributed by atoms with E-state index < -0.39 is 28.5 Å².